The van der Waals surface area contributed by atoms with Gasteiger partial charge in [-0.2, -0.15) is 0 Å². The molecule has 0 fully saturated rings. The van der Waals surface area contributed by atoms with E-state index < -0.39 is 0 Å². The van der Waals surface area contributed by atoms with E-state index in [1.165, 1.54) is 10.5 Å². The smallest absolute Gasteiger partial charge is 0.0316 e. The van der Waals surface area contributed by atoms with Gasteiger partial charge in [-0.05, 0) is 18.6 Å². The van der Waals surface area contributed by atoms with Gasteiger partial charge in [0.25, 0.3) is 0 Å². The molecule has 0 radical (unpaired) electrons. The van der Waals surface area contributed by atoms with E-state index in [0.29, 0.717) is 0 Å². The fraction of sp³-hybridized carbons (Fsp3) is 0.273. The fourth-order valence-electron chi connectivity index (χ4n) is 0.972. The molecule has 1 aromatic rings. The SMILES string of the molecule is C=CC(N)CSc1ccccc1C. The van der Waals surface area contributed by atoms with Crippen molar-refractivity contribution in [2.75, 3.05) is 5.75 Å². The van der Waals surface area contributed by atoms with Gasteiger partial charge < -0.3 is 5.73 Å². The minimum atomic E-state index is 0.0876. The zero-order chi connectivity index (χ0) is 9.68. The summed E-state index contributed by atoms with van der Waals surface area (Å²) < 4.78 is 0. The van der Waals surface area contributed by atoms with Crippen molar-refractivity contribution in [2.24, 2.45) is 5.73 Å². The number of hydrogen-bond donors (Lipinski definition) is 1. The number of thioether (sulfide) groups is 1. The van der Waals surface area contributed by atoms with Crippen molar-refractivity contribution in [1.29, 1.82) is 0 Å². The van der Waals surface area contributed by atoms with Crippen LogP contribution in [0.25, 0.3) is 0 Å². The van der Waals surface area contributed by atoms with Crippen LogP contribution in [0.2, 0.25) is 0 Å². The molecule has 0 aliphatic rings. The molecule has 1 aromatic carbocycles. The van der Waals surface area contributed by atoms with Crippen LogP contribution in [0.5, 0.6) is 0 Å². The van der Waals surface area contributed by atoms with Crippen molar-refractivity contribution in [2.45, 2.75) is 17.9 Å². The summed E-state index contributed by atoms with van der Waals surface area (Å²) in [4.78, 5) is 1.31. The third-order valence-corrected chi connectivity index (χ3v) is 3.15. The summed E-state index contributed by atoms with van der Waals surface area (Å²) in [6.07, 6.45) is 1.78. The Labute approximate surface area is 84.0 Å². The molecular weight excluding hydrogens is 178 g/mol. The van der Waals surface area contributed by atoms with Crippen LogP contribution in [-0.2, 0) is 0 Å². The highest BCUT2D eigenvalue weighted by molar-refractivity contribution is 7.99. The standard InChI is InChI=1S/C11H15NS/c1-3-10(12)8-13-11-7-5-4-6-9(11)2/h3-7,10H,1,8,12H2,2H3. The molecule has 2 N–H and O–H groups in total. The molecule has 0 saturated carbocycles. The maximum Gasteiger partial charge on any atom is 0.0316 e. The molecule has 0 bridgehead atoms. The minimum Gasteiger partial charge on any atom is -0.324 e. The lowest BCUT2D eigenvalue weighted by atomic mass is 10.2. The van der Waals surface area contributed by atoms with Gasteiger partial charge in [-0.25, -0.2) is 0 Å². The molecule has 0 spiro atoms. The van der Waals surface area contributed by atoms with Gasteiger partial charge in [-0.15, -0.1) is 18.3 Å². The zero-order valence-corrected chi connectivity index (χ0v) is 8.68. The Balaban J connectivity index is 2.54. The third kappa shape index (κ3) is 3.25. The predicted octanol–water partition coefficient (Wildman–Crippen LogP) is 2.60. The van der Waals surface area contributed by atoms with E-state index in [1.54, 1.807) is 17.8 Å². The molecule has 0 aliphatic heterocycles. The molecule has 1 unspecified atom stereocenters. The summed E-state index contributed by atoms with van der Waals surface area (Å²) in [5.41, 5.74) is 7.04. The molecule has 0 amide bonds. The van der Waals surface area contributed by atoms with Crippen LogP contribution in [0.1, 0.15) is 5.56 Å². The van der Waals surface area contributed by atoms with Gasteiger partial charge in [0.15, 0.2) is 0 Å². The highest BCUT2D eigenvalue weighted by Gasteiger charge is 2.00. The molecule has 1 atom stereocenters. The van der Waals surface area contributed by atoms with Gasteiger partial charge in [0.05, 0.1) is 0 Å². The number of benzene rings is 1. The number of aryl methyl sites for hydroxylation is 1. The van der Waals surface area contributed by atoms with Crippen molar-refractivity contribution in [3.63, 3.8) is 0 Å². The van der Waals surface area contributed by atoms with E-state index in [4.69, 9.17) is 5.73 Å². The first-order valence-electron chi connectivity index (χ1n) is 4.30. The first-order chi connectivity index (χ1) is 6.24. The number of rotatable bonds is 4. The van der Waals surface area contributed by atoms with Crippen molar-refractivity contribution in [3.05, 3.63) is 42.5 Å². The van der Waals surface area contributed by atoms with Gasteiger partial charge in [-0.1, -0.05) is 24.3 Å². The van der Waals surface area contributed by atoms with E-state index in [2.05, 4.69) is 31.7 Å². The van der Waals surface area contributed by atoms with Crippen LogP contribution in [0.15, 0.2) is 41.8 Å². The average molecular weight is 193 g/mol. The second-order valence-electron chi connectivity index (χ2n) is 2.98. The highest BCUT2D eigenvalue weighted by Crippen LogP contribution is 2.21. The second-order valence-corrected chi connectivity index (χ2v) is 4.04. The Morgan fingerprint density at radius 2 is 2.23 bits per heavy atom. The van der Waals surface area contributed by atoms with E-state index >= 15 is 0 Å². The van der Waals surface area contributed by atoms with Crippen LogP contribution >= 0.6 is 11.8 Å². The number of hydrogen-bond acceptors (Lipinski definition) is 2. The molecule has 0 heterocycles. The fourth-order valence-corrected chi connectivity index (χ4v) is 1.95. The summed E-state index contributed by atoms with van der Waals surface area (Å²) in [6, 6.07) is 8.42. The monoisotopic (exact) mass is 193 g/mol. The minimum absolute atomic E-state index is 0.0876. The summed E-state index contributed by atoms with van der Waals surface area (Å²) in [7, 11) is 0. The lowest BCUT2D eigenvalue weighted by molar-refractivity contribution is 0.942. The first-order valence-corrected chi connectivity index (χ1v) is 5.29. The maximum atomic E-state index is 5.73. The summed E-state index contributed by atoms with van der Waals surface area (Å²) in [6.45, 7) is 5.77. The molecule has 70 valence electrons. The molecule has 0 aliphatic carbocycles. The largest absolute Gasteiger partial charge is 0.324 e. The Hall–Kier alpha value is -0.730. The maximum absolute atomic E-state index is 5.73. The normalized spacial score (nSPS) is 12.5. The second kappa shape index (κ2) is 5.10. The molecule has 1 rings (SSSR count). The van der Waals surface area contributed by atoms with E-state index in [-0.39, 0.29) is 6.04 Å². The first kappa shape index (κ1) is 10.4. The Bertz CT molecular complexity index is 283. The number of nitrogens with two attached hydrogens (primary N) is 1. The van der Waals surface area contributed by atoms with Crippen LogP contribution in [0.4, 0.5) is 0 Å². The molecule has 0 saturated heterocycles. The summed E-state index contributed by atoms with van der Waals surface area (Å²) >= 11 is 1.78. The van der Waals surface area contributed by atoms with E-state index in [1.807, 2.05) is 6.07 Å². The quantitative estimate of drug-likeness (QED) is 0.587. The van der Waals surface area contributed by atoms with Gasteiger partial charge >= 0.3 is 0 Å². The Kier molecular flexibility index (Phi) is 4.06. The van der Waals surface area contributed by atoms with Crippen LogP contribution in [0.3, 0.4) is 0 Å². The van der Waals surface area contributed by atoms with Crippen LogP contribution < -0.4 is 5.73 Å². The highest BCUT2D eigenvalue weighted by atomic mass is 32.2. The van der Waals surface area contributed by atoms with Crippen molar-refractivity contribution < 1.29 is 0 Å². The van der Waals surface area contributed by atoms with E-state index in [0.717, 1.165) is 5.75 Å². The average Bonchev–Trinajstić information content (AvgIpc) is 2.16. The van der Waals surface area contributed by atoms with Gasteiger partial charge in [0.2, 0.25) is 0 Å². The van der Waals surface area contributed by atoms with Crippen LogP contribution in [-0.4, -0.2) is 11.8 Å². The van der Waals surface area contributed by atoms with Crippen molar-refractivity contribution in [3.8, 4) is 0 Å². The molecule has 2 heteroatoms. The van der Waals surface area contributed by atoms with Crippen LogP contribution in [0, 0.1) is 6.92 Å². The zero-order valence-electron chi connectivity index (χ0n) is 7.86. The Morgan fingerprint density at radius 1 is 1.54 bits per heavy atom. The van der Waals surface area contributed by atoms with Crippen molar-refractivity contribution >= 4 is 11.8 Å². The summed E-state index contributed by atoms with van der Waals surface area (Å²) in [5, 5.41) is 0. The molecule has 0 aromatic heterocycles. The molecule has 1 nitrogen and oxygen atoms in total. The molecular formula is C11H15NS. The van der Waals surface area contributed by atoms with E-state index in [9.17, 15) is 0 Å². The van der Waals surface area contributed by atoms with Crippen molar-refractivity contribution in [1.82, 2.24) is 0 Å². The topological polar surface area (TPSA) is 26.0 Å². The van der Waals surface area contributed by atoms with Gasteiger partial charge in [-0.3, -0.25) is 0 Å². The lowest BCUT2D eigenvalue weighted by Gasteiger charge is -2.07. The molecule has 13 heavy (non-hydrogen) atoms. The summed E-state index contributed by atoms with van der Waals surface area (Å²) in [5.74, 6) is 0.897. The third-order valence-electron chi connectivity index (χ3n) is 1.83. The van der Waals surface area contributed by atoms with Gasteiger partial charge in [0.1, 0.15) is 0 Å². The predicted molar refractivity (Wildman–Crippen MR) is 60.1 cm³/mol. The van der Waals surface area contributed by atoms with Gasteiger partial charge in [0, 0.05) is 16.7 Å². The Morgan fingerprint density at radius 3 is 2.85 bits per heavy atom. The lowest BCUT2D eigenvalue weighted by Crippen LogP contribution is -2.18.